The molecule has 2 rings (SSSR count). The monoisotopic (exact) mass is 275 g/mol. The van der Waals surface area contributed by atoms with Crippen LogP contribution in [0.4, 0.5) is 0 Å². The van der Waals surface area contributed by atoms with E-state index >= 15 is 0 Å². The quantitative estimate of drug-likeness (QED) is 0.744. The number of aryl methyl sites for hydroxylation is 2. The first kappa shape index (κ1) is 13.2. The van der Waals surface area contributed by atoms with Gasteiger partial charge in [0.1, 0.15) is 0 Å². The molecule has 96 valence electrons. The maximum Gasteiger partial charge on any atom is 0.0860 e. The summed E-state index contributed by atoms with van der Waals surface area (Å²) >= 11 is 12.2. The Kier molecular flexibility index (Phi) is 4.34. The van der Waals surface area contributed by atoms with E-state index in [9.17, 15) is 0 Å². The molecule has 1 aliphatic carbocycles. The van der Waals surface area contributed by atoms with Gasteiger partial charge in [0.2, 0.25) is 0 Å². The van der Waals surface area contributed by atoms with Crippen molar-refractivity contribution in [1.29, 1.82) is 0 Å². The van der Waals surface area contributed by atoms with E-state index in [1.807, 2.05) is 11.6 Å². The van der Waals surface area contributed by atoms with E-state index in [2.05, 4.69) is 16.9 Å². The highest BCUT2D eigenvalue weighted by Crippen LogP contribution is 2.30. The van der Waals surface area contributed by atoms with E-state index in [1.165, 1.54) is 12.8 Å². The Bertz CT molecular complexity index is 385. The first-order valence-corrected chi connectivity index (χ1v) is 7.10. The van der Waals surface area contributed by atoms with Crippen molar-refractivity contribution >= 4 is 23.2 Å². The molecule has 0 unspecified atom stereocenters. The molecule has 5 heteroatoms. The van der Waals surface area contributed by atoms with Gasteiger partial charge in [0, 0.05) is 31.6 Å². The lowest BCUT2D eigenvalue weighted by atomic mass is 10.3. The van der Waals surface area contributed by atoms with Gasteiger partial charge in [0.15, 0.2) is 0 Å². The van der Waals surface area contributed by atoms with Crippen LogP contribution in [-0.2, 0) is 13.1 Å². The van der Waals surface area contributed by atoms with Crippen LogP contribution in [0.25, 0.3) is 0 Å². The summed E-state index contributed by atoms with van der Waals surface area (Å²) < 4.78 is 2.00. The number of nitrogens with zero attached hydrogens (tertiary/aromatic N) is 3. The molecule has 0 amide bonds. The molecular weight excluding hydrogens is 257 g/mol. The van der Waals surface area contributed by atoms with Crippen LogP contribution >= 0.6 is 23.2 Å². The van der Waals surface area contributed by atoms with Crippen molar-refractivity contribution in [2.24, 2.45) is 0 Å². The summed E-state index contributed by atoms with van der Waals surface area (Å²) in [4.78, 5) is 2.42. The Labute approximate surface area is 113 Å². The lowest BCUT2D eigenvalue weighted by Gasteiger charge is -2.21. The zero-order valence-electron chi connectivity index (χ0n) is 10.4. The average molecular weight is 276 g/mol. The number of hydrogen-bond acceptors (Lipinski definition) is 2. The molecule has 0 N–H and O–H groups in total. The van der Waals surface area contributed by atoms with Gasteiger partial charge in [-0.2, -0.15) is 5.10 Å². The van der Waals surface area contributed by atoms with E-state index in [4.69, 9.17) is 23.2 Å². The molecule has 1 aromatic heterocycles. The van der Waals surface area contributed by atoms with Gasteiger partial charge in [0.25, 0.3) is 0 Å². The highest BCUT2D eigenvalue weighted by Gasteiger charge is 2.30. The maximum absolute atomic E-state index is 6.32. The molecule has 1 saturated carbocycles. The fraction of sp³-hybridized carbons (Fsp3) is 0.750. The minimum absolute atomic E-state index is 0.674. The van der Waals surface area contributed by atoms with Crippen molar-refractivity contribution in [2.75, 3.05) is 12.4 Å². The number of rotatable bonds is 6. The third kappa shape index (κ3) is 2.95. The summed E-state index contributed by atoms with van der Waals surface area (Å²) in [5.41, 5.74) is 2.05. The Hall–Kier alpha value is -0.250. The lowest BCUT2D eigenvalue weighted by Crippen LogP contribution is -2.29. The molecule has 17 heavy (non-hydrogen) atoms. The second kappa shape index (κ2) is 5.59. The van der Waals surface area contributed by atoms with E-state index in [0.29, 0.717) is 11.9 Å². The predicted molar refractivity (Wildman–Crippen MR) is 71.8 cm³/mol. The van der Waals surface area contributed by atoms with Crippen molar-refractivity contribution in [1.82, 2.24) is 14.7 Å². The van der Waals surface area contributed by atoms with Crippen molar-refractivity contribution in [3.8, 4) is 0 Å². The molecule has 0 aliphatic heterocycles. The molecule has 0 aromatic carbocycles. The molecule has 0 radical (unpaired) electrons. The van der Waals surface area contributed by atoms with Crippen molar-refractivity contribution in [3.63, 3.8) is 0 Å². The van der Waals surface area contributed by atoms with E-state index in [-0.39, 0.29) is 0 Å². The first-order chi connectivity index (χ1) is 8.17. The predicted octanol–water partition coefficient (Wildman–Crippen LogP) is 3.07. The van der Waals surface area contributed by atoms with Gasteiger partial charge in [-0.1, -0.05) is 11.6 Å². The first-order valence-electron chi connectivity index (χ1n) is 6.19. The zero-order valence-corrected chi connectivity index (χ0v) is 11.9. The molecule has 1 heterocycles. The Morgan fingerprint density at radius 3 is 2.71 bits per heavy atom. The summed E-state index contributed by atoms with van der Waals surface area (Å²) in [5, 5.41) is 5.26. The topological polar surface area (TPSA) is 21.1 Å². The summed E-state index contributed by atoms with van der Waals surface area (Å²) in [6.45, 7) is 6.71. The van der Waals surface area contributed by atoms with Gasteiger partial charge in [0.05, 0.1) is 16.4 Å². The molecule has 1 aromatic rings. The third-order valence-electron chi connectivity index (χ3n) is 3.24. The summed E-state index contributed by atoms with van der Waals surface area (Å²) in [6.07, 6.45) is 2.57. The summed E-state index contributed by atoms with van der Waals surface area (Å²) in [7, 11) is 0. The molecule has 0 atom stereocenters. The second-order valence-corrected chi connectivity index (χ2v) is 5.31. The van der Waals surface area contributed by atoms with Crippen LogP contribution in [-0.4, -0.2) is 33.1 Å². The van der Waals surface area contributed by atoms with Gasteiger partial charge in [-0.15, -0.1) is 11.6 Å². The van der Waals surface area contributed by atoms with Gasteiger partial charge in [-0.3, -0.25) is 9.58 Å². The van der Waals surface area contributed by atoms with Crippen LogP contribution < -0.4 is 0 Å². The molecule has 0 spiro atoms. The minimum atomic E-state index is 0.674. The van der Waals surface area contributed by atoms with E-state index < -0.39 is 0 Å². The van der Waals surface area contributed by atoms with Crippen LogP contribution in [0.15, 0.2) is 0 Å². The van der Waals surface area contributed by atoms with Crippen LogP contribution in [0.1, 0.15) is 31.2 Å². The van der Waals surface area contributed by atoms with Crippen molar-refractivity contribution < 1.29 is 0 Å². The smallest absolute Gasteiger partial charge is 0.0860 e. The van der Waals surface area contributed by atoms with Crippen LogP contribution in [0.3, 0.4) is 0 Å². The summed E-state index contributed by atoms with van der Waals surface area (Å²) in [5.74, 6) is 0.674. The molecule has 3 nitrogen and oxygen atoms in total. The van der Waals surface area contributed by atoms with Gasteiger partial charge < -0.3 is 0 Å². The standard InChI is InChI=1S/C12H19Cl2N3/c1-3-17-11(12(14)9(2)15-17)8-16(7-6-13)10-4-5-10/h10H,3-8H2,1-2H3. The molecule has 1 aliphatic rings. The lowest BCUT2D eigenvalue weighted by molar-refractivity contribution is 0.262. The Balaban J connectivity index is 2.15. The van der Waals surface area contributed by atoms with Crippen LogP contribution in [0.2, 0.25) is 5.02 Å². The largest absolute Gasteiger partial charge is 0.293 e. The molecule has 0 bridgehead atoms. The number of hydrogen-bond donors (Lipinski definition) is 0. The van der Waals surface area contributed by atoms with E-state index in [1.54, 1.807) is 0 Å². The highest BCUT2D eigenvalue weighted by atomic mass is 35.5. The maximum atomic E-state index is 6.32. The Morgan fingerprint density at radius 2 is 2.18 bits per heavy atom. The van der Waals surface area contributed by atoms with E-state index in [0.717, 1.165) is 36.0 Å². The molecule has 1 fully saturated rings. The second-order valence-electron chi connectivity index (χ2n) is 4.55. The molecule has 0 saturated heterocycles. The molecular formula is C12H19Cl2N3. The van der Waals surface area contributed by atoms with Crippen LogP contribution in [0, 0.1) is 6.92 Å². The van der Waals surface area contributed by atoms with Crippen LogP contribution in [0.5, 0.6) is 0 Å². The van der Waals surface area contributed by atoms with Gasteiger partial charge in [-0.25, -0.2) is 0 Å². The van der Waals surface area contributed by atoms with Crippen molar-refractivity contribution in [2.45, 2.75) is 45.8 Å². The summed E-state index contributed by atoms with van der Waals surface area (Å²) in [6, 6.07) is 0.699. The Morgan fingerprint density at radius 1 is 1.47 bits per heavy atom. The van der Waals surface area contributed by atoms with Crippen molar-refractivity contribution in [3.05, 3.63) is 16.4 Å². The third-order valence-corrected chi connectivity index (χ3v) is 3.90. The number of alkyl halides is 1. The minimum Gasteiger partial charge on any atom is -0.293 e. The SMILES string of the molecule is CCn1nc(C)c(Cl)c1CN(CCCl)C1CC1. The van der Waals surface area contributed by atoms with Gasteiger partial charge >= 0.3 is 0 Å². The zero-order chi connectivity index (χ0) is 12.4. The fourth-order valence-electron chi connectivity index (χ4n) is 2.15. The fourth-order valence-corrected chi connectivity index (χ4v) is 2.56. The number of halogens is 2. The average Bonchev–Trinajstić information content (AvgIpc) is 3.11. The number of aromatic nitrogens is 2. The highest BCUT2D eigenvalue weighted by molar-refractivity contribution is 6.31. The van der Waals surface area contributed by atoms with Gasteiger partial charge in [-0.05, 0) is 26.7 Å². The normalized spacial score (nSPS) is 15.8.